The second-order valence-electron chi connectivity index (χ2n) is 11.1. The summed E-state index contributed by atoms with van der Waals surface area (Å²) in [6.07, 6.45) is 6.22. The zero-order valence-electron chi connectivity index (χ0n) is 20.0. The molecule has 4 aromatic rings. The average molecular weight is 460 g/mol. The third kappa shape index (κ3) is 2.84. The standard InChI is InChI=1S/C32H29NO2/c1-20-17-21-15-16-32(23(18-20)19-21)28-12-5-4-9-25(28)26-10-6-11-27(31(26)32)30-24-8-3-2-7-22(24)13-14-29(30)33(34)35/h2-14,20-21,23H,15-19H2,1H3. The first kappa shape index (κ1) is 20.9. The molecule has 2 bridgehead atoms. The predicted molar refractivity (Wildman–Crippen MR) is 141 cm³/mol. The van der Waals surface area contributed by atoms with Gasteiger partial charge in [-0.1, -0.05) is 73.7 Å². The molecule has 0 saturated heterocycles. The van der Waals surface area contributed by atoms with Crippen molar-refractivity contribution >= 4 is 16.5 Å². The van der Waals surface area contributed by atoms with Gasteiger partial charge >= 0.3 is 0 Å². The minimum absolute atomic E-state index is 0.0709. The molecule has 2 saturated carbocycles. The second kappa shape index (κ2) is 7.52. The molecule has 4 aromatic carbocycles. The van der Waals surface area contributed by atoms with Gasteiger partial charge < -0.3 is 0 Å². The van der Waals surface area contributed by atoms with Gasteiger partial charge in [0.15, 0.2) is 0 Å². The Morgan fingerprint density at radius 1 is 0.829 bits per heavy atom. The van der Waals surface area contributed by atoms with E-state index in [9.17, 15) is 10.1 Å². The molecular formula is C32H29NO2. The number of hydrogen-bond acceptors (Lipinski definition) is 2. The summed E-state index contributed by atoms with van der Waals surface area (Å²) < 4.78 is 0. The molecule has 0 heterocycles. The molecule has 0 radical (unpaired) electrons. The monoisotopic (exact) mass is 459 g/mol. The predicted octanol–water partition coefficient (Wildman–Crippen LogP) is 8.53. The fourth-order valence-electron chi connectivity index (χ4n) is 8.11. The highest BCUT2D eigenvalue weighted by atomic mass is 16.6. The van der Waals surface area contributed by atoms with Gasteiger partial charge in [0, 0.05) is 11.5 Å². The lowest BCUT2D eigenvalue weighted by molar-refractivity contribution is -0.384. The van der Waals surface area contributed by atoms with Gasteiger partial charge in [0.2, 0.25) is 0 Å². The lowest BCUT2D eigenvalue weighted by Crippen LogP contribution is -2.44. The Morgan fingerprint density at radius 2 is 1.60 bits per heavy atom. The van der Waals surface area contributed by atoms with Crippen LogP contribution in [0.1, 0.15) is 50.2 Å². The molecule has 2 fully saturated rings. The Balaban J connectivity index is 1.59. The van der Waals surface area contributed by atoms with Crippen molar-refractivity contribution in [3.8, 4) is 22.3 Å². The van der Waals surface area contributed by atoms with Crippen LogP contribution in [0.4, 0.5) is 5.69 Å². The van der Waals surface area contributed by atoms with E-state index in [1.807, 2.05) is 24.3 Å². The third-order valence-electron chi connectivity index (χ3n) is 9.27. The van der Waals surface area contributed by atoms with Crippen molar-refractivity contribution in [3.05, 3.63) is 100 Å². The SMILES string of the molecule is CC1CC2CCC3(c4ccccc4-c4cccc(-c5c([N+](=O)[O-])ccc6ccccc56)c43)C(C1)C2. The maximum atomic E-state index is 12.3. The van der Waals surface area contributed by atoms with E-state index in [1.165, 1.54) is 47.9 Å². The molecular weight excluding hydrogens is 430 g/mol. The van der Waals surface area contributed by atoms with Gasteiger partial charge in [-0.15, -0.1) is 0 Å². The van der Waals surface area contributed by atoms with Crippen LogP contribution in [0.5, 0.6) is 0 Å². The fourth-order valence-corrected chi connectivity index (χ4v) is 8.11. The summed E-state index contributed by atoms with van der Waals surface area (Å²) in [6, 6.07) is 27.1. The minimum Gasteiger partial charge on any atom is -0.258 e. The van der Waals surface area contributed by atoms with E-state index < -0.39 is 0 Å². The number of rotatable bonds is 2. The zero-order valence-corrected chi connectivity index (χ0v) is 20.0. The maximum Gasteiger partial charge on any atom is 0.277 e. The molecule has 7 rings (SSSR count). The number of hydrogen-bond donors (Lipinski definition) is 0. The van der Waals surface area contributed by atoms with Gasteiger partial charge in [-0.05, 0) is 94.5 Å². The van der Waals surface area contributed by atoms with Crippen LogP contribution in [0.25, 0.3) is 33.0 Å². The van der Waals surface area contributed by atoms with Gasteiger partial charge in [-0.3, -0.25) is 10.1 Å². The van der Waals surface area contributed by atoms with Crippen molar-refractivity contribution in [2.75, 3.05) is 0 Å². The van der Waals surface area contributed by atoms with Crippen molar-refractivity contribution in [2.45, 2.75) is 44.4 Å². The average Bonchev–Trinajstić information content (AvgIpc) is 3.16. The van der Waals surface area contributed by atoms with Crippen molar-refractivity contribution in [1.82, 2.24) is 0 Å². The van der Waals surface area contributed by atoms with Crippen LogP contribution in [-0.2, 0) is 5.41 Å². The molecule has 3 aliphatic carbocycles. The Bertz CT molecular complexity index is 1500. The van der Waals surface area contributed by atoms with Gasteiger partial charge in [0.25, 0.3) is 5.69 Å². The van der Waals surface area contributed by atoms with E-state index in [2.05, 4.69) is 55.5 Å². The van der Waals surface area contributed by atoms with Gasteiger partial charge in [-0.25, -0.2) is 0 Å². The highest BCUT2D eigenvalue weighted by Crippen LogP contribution is 2.64. The van der Waals surface area contributed by atoms with Gasteiger partial charge in [0.1, 0.15) is 0 Å². The van der Waals surface area contributed by atoms with Crippen LogP contribution >= 0.6 is 0 Å². The Kier molecular flexibility index (Phi) is 4.48. The molecule has 0 aliphatic heterocycles. The molecule has 35 heavy (non-hydrogen) atoms. The van der Waals surface area contributed by atoms with Crippen molar-refractivity contribution in [2.24, 2.45) is 17.8 Å². The number of benzene rings is 4. The first-order chi connectivity index (χ1) is 17.1. The second-order valence-corrected chi connectivity index (χ2v) is 11.1. The van der Waals surface area contributed by atoms with Crippen LogP contribution in [-0.4, -0.2) is 4.92 Å². The highest BCUT2D eigenvalue weighted by Gasteiger charge is 2.54. The normalized spacial score (nSPS) is 26.5. The Hall–Kier alpha value is -3.46. The van der Waals surface area contributed by atoms with Crippen molar-refractivity contribution < 1.29 is 4.92 Å². The molecule has 3 nitrogen and oxygen atoms in total. The quantitative estimate of drug-likeness (QED) is 0.223. The Morgan fingerprint density at radius 3 is 2.49 bits per heavy atom. The maximum absolute atomic E-state index is 12.3. The smallest absolute Gasteiger partial charge is 0.258 e. The molecule has 174 valence electrons. The van der Waals surface area contributed by atoms with E-state index in [4.69, 9.17) is 0 Å². The number of fused-ring (bicyclic) bond motifs is 9. The molecule has 0 aromatic heterocycles. The largest absolute Gasteiger partial charge is 0.277 e. The topological polar surface area (TPSA) is 43.1 Å². The minimum atomic E-state index is -0.199. The molecule has 4 atom stereocenters. The molecule has 4 unspecified atom stereocenters. The van der Waals surface area contributed by atoms with Crippen LogP contribution < -0.4 is 0 Å². The molecule has 1 spiro atoms. The van der Waals surface area contributed by atoms with Gasteiger partial charge in [0.05, 0.1) is 10.5 Å². The summed E-state index contributed by atoms with van der Waals surface area (Å²) in [4.78, 5) is 12.1. The van der Waals surface area contributed by atoms with E-state index in [0.29, 0.717) is 5.92 Å². The van der Waals surface area contributed by atoms with Crippen molar-refractivity contribution in [1.29, 1.82) is 0 Å². The molecule has 0 amide bonds. The number of nitro groups is 1. The van der Waals surface area contributed by atoms with E-state index in [-0.39, 0.29) is 16.0 Å². The summed E-state index contributed by atoms with van der Waals surface area (Å²) in [7, 11) is 0. The molecule has 3 aliphatic rings. The number of nitro benzene ring substituents is 1. The summed E-state index contributed by atoms with van der Waals surface area (Å²) in [5, 5.41) is 14.4. The third-order valence-corrected chi connectivity index (χ3v) is 9.27. The Labute approximate surface area is 206 Å². The van der Waals surface area contributed by atoms with E-state index >= 15 is 0 Å². The van der Waals surface area contributed by atoms with Crippen LogP contribution in [0, 0.1) is 27.9 Å². The first-order valence-electron chi connectivity index (χ1n) is 13.0. The van der Waals surface area contributed by atoms with Crippen molar-refractivity contribution in [3.63, 3.8) is 0 Å². The highest BCUT2D eigenvalue weighted by molar-refractivity contribution is 6.04. The van der Waals surface area contributed by atoms with Crippen LogP contribution in [0.15, 0.2) is 78.9 Å². The number of nitrogens with zero attached hydrogens (tertiary/aromatic N) is 1. The zero-order chi connectivity index (χ0) is 23.7. The van der Waals surface area contributed by atoms with E-state index in [0.717, 1.165) is 40.2 Å². The van der Waals surface area contributed by atoms with Crippen LogP contribution in [0.3, 0.4) is 0 Å². The molecule has 3 heteroatoms. The van der Waals surface area contributed by atoms with E-state index in [1.54, 1.807) is 6.07 Å². The van der Waals surface area contributed by atoms with Gasteiger partial charge in [-0.2, -0.15) is 0 Å². The summed E-state index contributed by atoms with van der Waals surface area (Å²) >= 11 is 0. The van der Waals surface area contributed by atoms with Crippen LogP contribution in [0.2, 0.25) is 0 Å². The lowest BCUT2D eigenvalue weighted by atomic mass is 9.53. The summed E-state index contributed by atoms with van der Waals surface area (Å²) in [5.41, 5.74) is 7.36. The molecule has 0 N–H and O–H groups in total. The lowest BCUT2D eigenvalue weighted by Gasteiger charge is -2.51. The summed E-state index contributed by atoms with van der Waals surface area (Å²) in [5.74, 6) is 2.11. The fraction of sp³-hybridized carbons (Fsp3) is 0.312. The summed E-state index contributed by atoms with van der Waals surface area (Å²) in [6.45, 7) is 2.42. The first-order valence-corrected chi connectivity index (χ1v) is 13.0.